The topological polar surface area (TPSA) is 77.3 Å². The van der Waals surface area contributed by atoms with Crippen LogP contribution >= 0.6 is 23.5 Å². The molecule has 0 aliphatic heterocycles. The molecule has 0 saturated heterocycles. The highest BCUT2D eigenvalue weighted by Gasteiger charge is 2.46. The first-order valence-corrected chi connectivity index (χ1v) is 58.5. The molecule has 0 N–H and O–H groups in total. The molecule has 8 heteroatoms. The minimum absolute atomic E-state index is 0.0304. The molecule has 0 radical (unpaired) electrons. The zero-order valence-corrected chi connectivity index (χ0v) is 91.6. The van der Waals surface area contributed by atoms with Crippen molar-refractivity contribution in [2.45, 2.75) is 369 Å². The van der Waals surface area contributed by atoms with Crippen molar-refractivity contribution in [3.05, 3.63) is 322 Å². The van der Waals surface area contributed by atoms with E-state index in [1.807, 2.05) is 0 Å². The number of unbranched alkanes of at least 4 members (excludes halogenated alkanes) is 30. The largest absolute Gasteiger partial charge is 0.243 e. The van der Waals surface area contributed by atoms with Crippen LogP contribution in [0.3, 0.4) is 0 Å². The van der Waals surface area contributed by atoms with Gasteiger partial charge in [-0.3, -0.25) is 0 Å². The van der Waals surface area contributed by atoms with Gasteiger partial charge in [-0.2, -0.15) is 17.5 Å². The normalized spacial score (nSPS) is 13.2. The Labute approximate surface area is 879 Å². The molecule has 3 heterocycles. The Kier molecular flexibility index (Phi) is 37.0. The molecular formula is C137H162N6S2. The van der Waals surface area contributed by atoms with Crippen LogP contribution in [0, 0.1) is 41.5 Å². The molecule has 3 aliphatic carbocycles. The van der Waals surface area contributed by atoms with Gasteiger partial charge in [0.1, 0.15) is 22.1 Å². The van der Waals surface area contributed by atoms with Crippen molar-refractivity contribution in [2.75, 3.05) is 0 Å². The number of hydrogen-bond acceptors (Lipinski definition) is 8. The molecule has 0 fully saturated rings. The molecule has 0 saturated carbocycles. The fraction of sp³-hybridized carbons (Fsp3) is 0.416. The SMILES string of the molecule is CCCCCCCCC1(CCCCCCCC)c2cc(C)ccc2-c2ccc(-c3ccc(-c4ccc5c(c4)C(CCCCCCCC)(CCCCCCCC)c4cc(C)ccc4-5)c4nc(-c5ccccc5)c(-c5ccccc5)nc34)cc21.CCCCCCCCC1(CCCCCCCC)c2cc(C)ccc2-c2ccc(-c3ccc(C)c4nsnc34)cc21.Cc1ccc(-c2ccc(-c3ccc(C)cc3)c3nsnc23)cc1. The monoisotopic (exact) mass is 1960 g/mol. The van der Waals surface area contributed by atoms with Crippen LogP contribution in [0.4, 0.5) is 0 Å². The summed E-state index contributed by atoms with van der Waals surface area (Å²) < 4.78 is 18.5. The number of rotatable bonds is 49. The second-order valence-electron chi connectivity index (χ2n) is 43.5. The van der Waals surface area contributed by atoms with Crippen molar-refractivity contribution in [1.82, 2.24) is 27.5 Å². The summed E-state index contributed by atoms with van der Waals surface area (Å²) in [6, 6.07) is 96.8. The number of aromatic nitrogens is 6. The Morgan fingerprint density at radius 3 is 0.683 bits per heavy atom. The van der Waals surface area contributed by atoms with Crippen LogP contribution in [0.25, 0.3) is 145 Å². The van der Waals surface area contributed by atoms with Crippen LogP contribution in [0.2, 0.25) is 0 Å². The Hall–Kier alpha value is -11.2. The maximum atomic E-state index is 5.96. The standard InChI is InChI=1S/C80H98N2.C37H48N2S.C20H16N2S/c1-7-11-15-19-23-33-51-79(52-34-24-20-16-12-8-2)71-55-59(5)41-45-67(71)69-47-43-63(57-73(69)79)65-49-50-66(78-77(65)81-75(61-37-29-27-30-38-61)76(82-78)62-39-31-28-32-40-62)64-44-48-70-68-46-42-60(6)56-72(68)80(74(70)58-64,53-35-25-21-17-13-9-3)54-36-26-22-18-14-10-4;1-5-7-9-11-13-15-23-37(24-16-14-12-10-8-6-2)33-25-27(3)17-20-31(33)32-22-19-29(26-34(32)37)30-21-18-28(4)35-36(30)39-40-38-35;1-13-3-7-15(8-4-13)17-11-12-18(20-19(17)21-23-22-20)16-9-5-14(2)6-10-16/h27-32,37-50,55-58H,7-26,33-36,51-54H2,1-6H3;17-22,25-26H,5-16,23-24H2,1-4H3;3-12H,1-2H3. The summed E-state index contributed by atoms with van der Waals surface area (Å²) in [6.07, 6.45) is 54.9. The molecule has 0 unspecified atom stereocenters. The van der Waals surface area contributed by atoms with E-state index < -0.39 is 0 Å². The highest BCUT2D eigenvalue weighted by Crippen LogP contribution is 2.60. The van der Waals surface area contributed by atoms with Gasteiger partial charge in [-0.05, 0) is 198 Å². The Bertz CT molecular complexity index is 6580. The molecule has 13 aromatic carbocycles. The first-order chi connectivity index (χ1) is 71.1. The molecular weight excluding hydrogens is 1790 g/mol. The van der Waals surface area contributed by atoms with Gasteiger partial charge >= 0.3 is 0 Å². The van der Waals surface area contributed by atoms with E-state index in [1.54, 1.807) is 22.3 Å². The lowest BCUT2D eigenvalue weighted by Gasteiger charge is -2.33. The molecule has 19 rings (SSSR count). The third-order valence-corrected chi connectivity index (χ3v) is 34.0. The van der Waals surface area contributed by atoms with Gasteiger partial charge in [-0.15, -0.1) is 0 Å². The highest BCUT2D eigenvalue weighted by atomic mass is 32.1. The van der Waals surface area contributed by atoms with Crippen LogP contribution in [-0.2, 0) is 16.2 Å². The quantitative estimate of drug-likeness (QED) is 0.0354. The van der Waals surface area contributed by atoms with Gasteiger partial charge in [0, 0.05) is 55.2 Å². The Morgan fingerprint density at radius 2 is 0.393 bits per heavy atom. The first kappa shape index (κ1) is 105. The average Bonchev–Trinajstić information content (AvgIpc) is 1.60. The first-order valence-electron chi connectivity index (χ1n) is 57.0. The van der Waals surface area contributed by atoms with Gasteiger partial charge in [0.25, 0.3) is 0 Å². The summed E-state index contributed by atoms with van der Waals surface area (Å²) >= 11 is 2.61. The molecule has 145 heavy (non-hydrogen) atoms. The molecule has 0 bridgehead atoms. The lowest BCUT2D eigenvalue weighted by molar-refractivity contribution is 0.398. The second-order valence-corrected chi connectivity index (χ2v) is 44.6. The van der Waals surface area contributed by atoms with Crippen LogP contribution in [0.5, 0.6) is 0 Å². The van der Waals surface area contributed by atoms with Crippen LogP contribution in [-0.4, -0.2) is 27.5 Å². The summed E-state index contributed by atoms with van der Waals surface area (Å²) in [5.41, 5.74) is 47.9. The minimum Gasteiger partial charge on any atom is -0.243 e. The molecule has 3 aromatic heterocycles. The lowest BCUT2D eigenvalue weighted by atomic mass is 9.70. The fourth-order valence-electron chi connectivity index (χ4n) is 24.8. The Balaban J connectivity index is 0.000000186. The van der Waals surface area contributed by atoms with Gasteiger partial charge in [0.05, 0.1) is 45.9 Å². The summed E-state index contributed by atoms with van der Waals surface area (Å²) in [6.45, 7) is 27.2. The molecule has 6 nitrogen and oxygen atoms in total. The van der Waals surface area contributed by atoms with Crippen molar-refractivity contribution in [3.8, 4) is 112 Å². The third-order valence-electron chi connectivity index (χ3n) is 32.9. The lowest BCUT2D eigenvalue weighted by Crippen LogP contribution is -2.25. The third kappa shape index (κ3) is 24.0. The zero-order valence-electron chi connectivity index (χ0n) is 89.9. The zero-order chi connectivity index (χ0) is 100. The predicted molar refractivity (Wildman–Crippen MR) is 627 cm³/mol. The predicted octanol–water partition coefficient (Wildman–Crippen LogP) is 41.8. The molecule has 16 aromatic rings. The summed E-state index contributed by atoms with van der Waals surface area (Å²) in [4.78, 5) is 11.9. The van der Waals surface area contributed by atoms with E-state index in [1.165, 1.54) is 404 Å². The highest BCUT2D eigenvalue weighted by molar-refractivity contribution is 7.00. The smallest absolute Gasteiger partial charge is 0.113 e. The number of fused-ring (bicyclic) bond motifs is 12. The molecule has 3 aliphatic rings. The van der Waals surface area contributed by atoms with Gasteiger partial charge < -0.3 is 0 Å². The second kappa shape index (κ2) is 51.0. The summed E-state index contributed by atoms with van der Waals surface area (Å²) in [5, 5.41) is 0. The number of nitrogens with zero attached hydrogens (tertiary/aromatic N) is 6. The van der Waals surface area contributed by atoms with E-state index in [4.69, 9.17) is 14.3 Å². The van der Waals surface area contributed by atoms with E-state index in [0.29, 0.717) is 0 Å². The average molecular weight is 1960 g/mol. The fourth-order valence-corrected chi connectivity index (χ4v) is 26.0. The van der Waals surface area contributed by atoms with Crippen molar-refractivity contribution < 1.29 is 0 Å². The maximum absolute atomic E-state index is 5.96. The molecule has 0 atom stereocenters. The summed E-state index contributed by atoms with van der Waals surface area (Å²) in [5.74, 6) is 0. The van der Waals surface area contributed by atoms with E-state index in [2.05, 4.69) is 351 Å². The van der Waals surface area contributed by atoms with Gasteiger partial charge in [0.2, 0.25) is 0 Å². The number of aryl methyl sites for hydroxylation is 6. The van der Waals surface area contributed by atoms with Crippen molar-refractivity contribution in [1.29, 1.82) is 0 Å². The van der Waals surface area contributed by atoms with Crippen LogP contribution in [0.1, 0.15) is 378 Å². The van der Waals surface area contributed by atoms with Gasteiger partial charge in [0.15, 0.2) is 0 Å². The van der Waals surface area contributed by atoms with Crippen LogP contribution in [0.15, 0.2) is 255 Å². The molecule has 0 spiro atoms. The van der Waals surface area contributed by atoms with E-state index >= 15 is 0 Å². The summed E-state index contributed by atoms with van der Waals surface area (Å²) in [7, 11) is 0. The maximum Gasteiger partial charge on any atom is 0.113 e. The van der Waals surface area contributed by atoms with Crippen molar-refractivity contribution in [3.63, 3.8) is 0 Å². The van der Waals surface area contributed by atoms with Crippen molar-refractivity contribution in [2.24, 2.45) is 0 Å². The molecule has 752 valence electrons. The number of benzene rings is 13. The Morgan fingerprint density at radius 1 is 0.179 bits per heavy atom. The van der Waals surface area contributed by atoms with Crippen molar-refractivity contribution >= 4 is 56.6 Å². The van der Waals surface area contributed by atoms with Gasteiger partial charge in [-0.1, -0.05) is 537 Å². The van der Waals surface area contributed by atoms with E-state index in [9.17, 15) is 0 Å². The number of hydrogen-bond donors (Lipinski definition) is 0. The molecule has 0 amide bonds. The minimum atomic E-state index is -0.0304. The van der Waals surface area contributed by atoms with E-state index in [-0.39, 0.29) is 16.2 Å². The van der Waals surface area contributed by atoms with Gasteiger partial charge in [-0.25, -0.2) is 9.97 Å². The van der Waals surface area contributed by atoms with E-state index in [0.717, 1.165) is 77.9 Å². The van der Waals surface area contributed by atoms with Crippen LogP contribution < -0.4 is 0 Å².